The summed E-state index contributed by atoms with van der Waals surface area (Å²) in [5, 5.41) is 0. The Morgan fingerprint density at radius 3 is 3.00 bits per heavy atom. The predicted molar refractivity (Wildman–Crippen MR) is 47.3 cm³/mol. The van der Waals surface area contributed by atoms with Gasteiger partial charge in [0.05, 0.1) is 12.4 Å². The third kappa shape index (κ3) is 3.26. The largest absolute Gasteiger partial charge is 0.498 e. The Morgan fingerprint density at radius 1 is 1.45 bits per heavy atom. The summed E-state index contributed by atoms with van der Waals surface area (Å²) in [6.07, 6.45) is 10.9. The fourth-order valence-electron chi connectivity index (χ4n) is 1.04. The summed E-state index contributed by atoms with van der Waals surface area (Å²) in [4.78, 5) is 0. The molecule has 0 saturated heterocycles. The van der Waals surface area contributed by atoms with Crippen LogP contribution in [0.15, 0.2) is 24.0 Å². The fraction of sp³-hybridized carbons (Fsp3) is 0.600. The first-order valence-corrected chi connectivity index (χ1v) is 4.40. The van der Waals surface area contributed by atoms with Gasteiger partial charge in [0, 0.05) is 6.42 Å². The summed E-state index contributed by atoms with van der Waals surface area (Å²) < 4.78 is 5.53. The van der Waals surface area contributed by atoms with Crippen LogP contribution in [-0.4, -0.2) is 6.61 Å². The molecule has 0 fully saturated rings. The maximum absolute atomic E-state index is 5.53. The van der Waals surface area contributed by atoms with E-state index in [2.05, 4.69) is 25.2 Å². The van der Waals surface area contributed by atoms with E-state index < -0.39 is 0 Å². The van der Waals surface area contributed by atoms with Crippen molar-refractivity contribution in [2.45, 2.75) is 32.6 Å². The molecule has 0 aromatic heterocycles. The van der Waals surface area contributed by atoms with Gasteiger partial charge >= 0.3 is 0 Å². The molecule has 0 unspecified atom stereocenters. The van der Waals surface area contributed by atoms with Crippen molar-refractivity contribution in [1.82, 2.24) is 0 Å². The van der Waals surface area contributed by atoms with Gasteiger partial charge < -0.3 is 4.74 Å². The van der Waals surface area contributed by atoms with Crippen LogP contribution in [0.3, 0.4) is 0 Å². The molecule has 0 aromatic rings. The predicted octanol–water partition coefficient (Wildman–Crippen LogP) is 3.04. The number of hydrogen-bond donors (Lipinski definition) is 0. The zero-order chi connectivity index (χ0) is 7.94. The highest BCUT2D eigenvalue weighted by atomic mass is 16.5. The van der Waals surface area contributed by atoms with Crippen molar-refractivity contribution < 1.29 is 4.74 Å². The molecule has 1 nitrogen and oxygen atoms in total. The van der Waals surface area contributed by atoms with Crippen LogP contribution in [0.1, 0.15) is 32.6 Å². The molecule has 1 aliphatic carbocycles. The first kappa shape index (κ1) is 8.38. The second kappa shape index (κ2) is 5.00. The number of hydrogen-bond acceptors (Lipinski definition) is 1. The lowest BCUT2D eigenvalue weighted by molar-refractivity contribution is 0.201. The zero-order valence-corrected chi connectivity index (χ0v) is 7.18. The minimum atomic E-state index is 0.885. The van der Waals surface area contributed by atoms with Crippen molar-refractivity contribution in [2.75, 3.05) is 6.61 Å². The van der Waals surface area contributed by atoms with Gasteiger partial charge in [-0.25, -0.2) is 0 Å². The van der Waals surface area contributed by atoms with Crippen molar-refractivity contribution >= 4 is 0 Å². The molecule has 0 bridgehead atoms. The Kier molecular flexibility index (Phi) is 3.81. The van der Waals surface area contributed by atoms with Crippen LogP contribution in [-0.2, 0) is 4.74 Å². The molecule has 1 heteroatoms. The molecule has 62 valence electrons. The van der Waals surface area contributed by atoms with Gasteiger partial charge in [-0.05, 0) is 18.9 Å². The van der Waals surface area contributed by atoms with Crippen molar-refractivity contribution in [2.24, 2.45) is 0 Å². The van der Waals surface area contributed by atoms with Crippen LogP contribution in [0.4, 0.5) is 0 Å². The number of unbranched alkanes of at least 4 members (excludes halogenated alkanes) is 1. The number of ether oxygens (including phenoxy) is 1. The SMILES string of the molecule is CCCCOC1=CCC=CC1. The highest BCUT2D eigenvalue weighted by Gasteiger charge is 1.97. The van der Waals surface area contributed by atoms with E-state index in [0.29, 0.717) is 0 Å². The minimum absolute atomic E-state index is 0.885. The van der Waals surface area contributed by atoms with E-state index in [4.69, 9.17) is 4.74 Å². The van der Waals surface area contributed by atoms with Crippen molar-refractivity contribution in [3.8, 4) is 0 Å². The first-order chi connectivity index (χ1) is 5.43. The van der Waals surface area contributed by atoms with Gasteiger partial charge in [0.2, 0.25) is 0 Å². The first-order valence-electron chi connectivity index (χ1n) is 4.40. The van der Waals surface area contributed by atoms with E-state index in [0.717, 1.165) is 25.2 Å². The zero-order valence-electron chi connectivity index (χ0n) is 7.18. The molecule has 0 N–H and O–H groups in total. The molecule has 0 saturated carbocycles. The van der Waals surface area contributed by atoms with E-state index in [1.54, 1.807) is 0 Å². The Labute approximate surface area is 68.8 Å². The van der Waals surface area contributed by atoms with Gasteiger partial charge in [-0.2, -0.15) is 0 Å². The standard InChI is InChI=1S/C10H16O/c1-2-3-9-11-10-7-5-4-6-8-10/h4-5,8H,2-3,6-7,9H2,1H3. The fourth-order valence-corrected chi connectivity index (χ4v) is 1.04. The van der Waals surface area contributed by atoms with Crippen LogP contribution in [0, 0.1) is 0 Å². The Hall–Kier alpha value is -0.720. The van der Waals surface area contributed by atoms with Gasteiger partial charge in [0.25, 0.3) is 0 Å². The molecule has 11 heavy (non-hydrogen) atoms. The Morgan fingerprint density at radius 2 is 2.36 bits per heavy atom. The van der Waals surface area contributed by atoms with E-state index in [1.165, 1.54) is 12.8 Å². The van der Waals surface area contributed by atoms with Crippen LogP contribution >= 0.6 is 0 Å². The van der Waals surface area contributed by atoms with Crippen molar-refractivity contribution in [3.05, 3.63) is 24.0 Å². The van der Waals surface area contributed by atoms with Crippen LogP contribution in [0.2, 0.25) is 0 Å². The highest BCUT2D eigenvalue weighted by Crippen LogP contribution is 2.12. The van der Waals surface area contributed by atoms with Gasteiger partial charge in [-0.1, -0.05) is 25.5 Å². The minimum Gasteiger partial charge on any atom is -0.498 e. The van der Waals surface area contributed by atoms with Crippen LogP contribution in [0.25, 0.3) is 0 Å². The third-order valence-electron chi connectivity index (χ3n) is 1.75. The second-order valence-electron chi connectivity index (χ2n) is 2.78. The lowest BCUT2D eigenvalue weighted by Gasteiger charge is -2.09. The maximum atomic E-state index is 5.53. The summed E-state index contributed by atoms with van der Waals surface area (Å²) in [5.74, 6) is 1.15. The normalized spacial score (nSPS) is 16.3. The number of allylic oxidation sites excluding steroid dienone is 3. The highest BCUT2D eigenvalue weighted by molar-refractivity contribution is 5.09. The molecule has 0 radical (unpaired) electrons. The summed E-state index contributed by atoms with van der Waals surface area (Å²) in [6, 6.07) is 0. The van der Waals surface area contributed by atoms with Crippen LogP contribution < -0.4 is 0 Å². The lowest BCUT2D eigenvalue weighted by atomic mass is 10.2. The van der Waals surface area contributed by atoms with Crippen molar-refractivity contribution in [3.63, 3.8) is 0 Å². The molecular formula is C10H16O. The van der Waals surface area contributed by atoms with Gasteiger partial charge in [0.1, 0.15) is 0 Å². The molecule has 1 aliphatic rings. The average molecular weight is 152 g/mol. The molecule has 1 rings (SSSR count). The molecule has 0 amide bonds. The average Bonchev–Trinajstić information content (AvgIpc) is 2.07. The van der Waals surface area contributed by atoms with Crippen molar-refractivity contribution in [1.29, 1.82) is 0 Å². The third-order valence-corrected chi connectivity index (χ3v) is 1.75. The van der Waals surface area contributed by atoms with E-state index in [1.807, 2.05) is 0 Å². The monoisotopic (exact) mass is 152 g/mol. The van der Waals surface area contributed by atoms with E-state index in [9.17, 15) is 0 Å². The Bertz CT molecular complexity index is 156. The quantitative estimate of drug-likeness (QED) is 0.444. The van der Waals surface area contributed by atoms with E-state index in [-0.39, 0.29) is 0 Å². The molecule has 0 heterocycles. The maximum Gasteiger partial charge on any atom is 0.0960 e. The summed E-state index contributed by atoms with van der Waals surface area (Å²) >= 11 is 0. The second-order valence-corrected chi connectivity index (χ2v) is 2.78. The lowest BCUT2D eigenvalue weighted by Crippen LogP contribution is -1.95. The topological polar surface area (TPSA) is 9.23 Å². The Balaban J connectivity index is 2.11. The molecular weight excluding hydrogens is 136 g/mol. The summed E-state index contributed by atoms with van der Waals surface area (Å²) in [7, 11) is 0. The molecule has 0 aromatic carbocycles. The smallest absolute Gasteiger partial charge is 0.0960 e. The molecule has 0 atom stereocenters. The molecule has 0 aliphatic heterocycles. The summed E-state index contributed by atoms with van der Waals surface area (Å²) in [5.41, 5.74) is 0. The van der Waals surface area contributed by atoms with Gasteiger partial charge in [0.15, 0.2) is 0 Å². The van der Waals surface area contributed by atoms with Gasteiger partial charge in [-0.3, -0.25) is 0 Å². The summed E-state index contributed by atoms with van der Waals surface area (Å²) in [6.45, 7) is 3.06. The number of rotatable bonds is 4. The van der Waals surface area contributed by atoms with E-state index >= 15 is 0 Å². The van der Waals surface area contributed by atoms with Crippen LogP contribution in [0.5, 0.6) is 0 Å². The van der Waals surface area contributed by atoms with Gasteiger partial charge in [-0.15, -0.1) is 0 Å². The molecule has 0 spiro atoms.